The van der Waals surface area contributed by atoms with Crippen LogP contribution in [0.2, 0.25) is 0 Å². The SMILES string of the molecule is CC(C)[C@@H](NCC=CC(=O)OCC=Cc1ccc(Cc2ccc3nccn3c2)cc1)C(=O)OC(C)(C)C. The second-order valence-electron chi connectivity index (χ2n) is 10.2. The zero-order chi connectivity index (χ0) is 26.8. The number of nitrogens with one attached hydrogen (secondary N) is 1. The summed E-state index contributed by atoms with van der Waals surface area (Å²) < 4.78 is 12.7. The van der Waals surface area contributed by atoms with Crippen molar-refractivity contribution >= 4 is 23.7 Å². The summed E-state index contributed by atoms with van der Waals surface area (Å²) >= 11 is 0. The quantitative estimate of drug-likeness (QED) is 0.293. The smallest absolute Gasteiger partial charge is 0.330 e. The summed E-state index contributed by atoms with van der Waals surface area (Å²) in [6, 6.07) is 12.0. The maximum Gasteiger partial charge on any atom is 0.330 e. The van der Waals surface area contributed by atoms with Crippen molar-refractivity contribution in [2.24, 2.45) is 5.92 Å². The zero-order valence-electron chi connectivity index (χ0n) is 22.3. The molecule has 3 aromatic rings. The molecule has 2 aromatic heterocycles. The van der Waals surface area contributed by atoms with E-state index in [4.69, 9.17) is 9.47 Å². The van der Waals surface area contributed by atoms with Gasteiger partial charge in [0.2, 0.25) is 0 Å². The summed E-state index contributed by atoms with van der Waals surface area (Å²) in [5.41, 5.74) is 3.86. The Morgan fingerprint density at radius 2 is 1.78 bits per heavy atom. The van der Waals surface area contributed by atoms with Gasteiger partial charge in [-0.3, -0.25) is 4.79 Å². The van der Waals surface area contributed by atoms with Gasteiger partial charge in [0.05, 0.1) is 0 Å². The van der Waals surface area contributed by atoms with Crippen LogP contribution in [0.15, 0.2) is 73.2 Å². The number of rotatable bonds is 11. The molecule has 1 N–H and O–H groups in total. The minimum Gasteiger partial charge on any atom is -0.459 e. The molecule has 0 amide bonds. The molecule has 196 valence electrons. The molecule has 2 heterocycles. The Hall–Kier alpha value is -3.71. The molecule has 0 unspecified atom stereocenters. The molecule has 1 aromatic carbocycles. The van der Waals surface area contributed by atoms with Crippen LogP contribution in [-0.4, -0.2) is 46.1 Å². The van der Waals surface area contributed by atoms with Crippen LogP contribution in [-0.2, 0) is 25.5 Å². The maximum absolute atomic E-state index is 12.3. The Labute approximate surface area is 219 Å². The number of esters is 2. The van der Waals surface area contributed by atoms with E-state index in [2.05, 4.69) is 34.7 Å². The Bertz CT molecular complexity index is 1230. The van der Waals surface area contributed by atoms with E-state index in [1.54, 1.807) is 12.3 Å². The summed E-state index contributed by atoms with van der Waals surface area (Å²) in [6.07, 6.45) is 13.4. The fourth-order valence-electron chi connectivity index (χ4n) is 3.72. The molecular weight excluding hydrogens is 466 g/mol. The molecule has 3 rings (SSSR count). The second-order valence-corrected chi connectivity index (χ2v) is 10.2. The first-order valence-electron chi connectivity index (χ1n) is 12.6. The van der Waals surface area contributed by atoms with Crippen molar-refractivity contribution in [1.29, 1.82) is 0 Å². The molecule has 7 heteroatoms. The van der Waals surface area contributed by atoms with Crippen molar-refractivity contribution in [2.45, 2.75) is 52.7 Å². The average molecular weight is 504 g/mol. The average Bonchev–Trinajstić information content (AvgIpc) is 3.29. The molecule has 0 spiro atoms. The first-order valence-corrected chi connectivity index (χ1v) is 12.6. The van der Waals surface area contributed by atoms with Crippen LogP contribution in [0.4, 0.5) is 0 Å². The van der Waals surface area contributed by atoms with Crippen LogP contribution in [0.3, 0.4) is 0 Å². The van der Waals surface area contributed by atoms with Gasteiger partial charge >= 0.3 is 11.9 Å². The monoisotopic (exact) mass is 503 g/mol. The summed E-state index contributed by atoms with van der Waals surface area (Å²) in [6.45, 7) is 9.94. The largest absolute Gasteiger partial charge is 0.459 e. The topological polar surface area (TPSA) is 81.9 Å². The van der Waals surface area contributed by atoms with E-state index < -0.39 is 17.6 Å². The zero-order valence-corrected chi connectivity index (χ0v) is 22.3. The number of hydrogen-bond donors (Lipinski definition) is 1. The van der Waals surface area contributed by atoms with Gasteiger partial charge in [-0.25, -0.2) is 9.78 Å². The molecule has 0 radical (unpaired) electrons. The van der Waals surface area contributed by atoms with Gasteiger partial charge in [-0.1, -0.05) is 56.3 Å². The molecule has 0 aliphatic heterocycles. The number of benzene rings is 1. The molecule has 0 saturated heterocycles. The van der Waals surface area contributed by atoms with E-state index in [0.29, 0.717) is 6.54 Å². The minimum absolute atomic E-state index is 0.0566. The Morgan fingerprint density at radius 1 is 1.05 bits per heavy atom. The van der Waals surface area contributed by atoms with E-state index in [9.17, 15) is 9.59 Å². The van der Waals surface area contributed by atoms with Gasteiger partial charge in [0.15, 0.2) is 0 Å². The molecule has 0 saturated carbocycles. The Kier molecular flexibility index (Phi) is 9.80. The van der Waals surface area contributed by atoms with Crippen LogP contribution in [0.1, 0.15) is 51.3 Å². The van der Waals surface area contributed by atoms with Gasteiger partial charge < -0.3 is 19.2 Å². The van der Waals surface area contributed by atoms with Crippen LogP contribution < -0.4 is 5.32 Å². The van der Waals surface area contributed by atoms with E-state index in [0.717, 1.165) is 17.6 Å². The lowest BCUT2D eigenvalue weighted by molar-refractivity contribution is -0.158. The van der Waals surface area contributed by atoms with Crippen molar-refractivity contribution in [3.05, 3.63) is 89.9 Å². The number of pyridine rings is 1. The predicted molar refractivity (Wildman–Crippen MR) is 146 cm³/mol. The van der Waals surface area contributed by atoms with Crippen molar-refractivity contribution in [1.82, 2.24) is 14.7 Å². The van der Waals surface area contributed by atoms with Crippen LogP contribution in [0.5, 0.6) is 0 Å². The summed E-state index contributed by atoms with van der Waals surface area (Å²) in [7, 11) is 0. The minimum atomic E-state index is -0.544. The Morgan fingerprint density at radius 3 is 2.49 bits per heavy atom. The third kappa shape index (κ3) is 9.35. The summed E-state index contributed by atoms with van der Waals surface area (Å²) in [5, 5.41) is 3.12. The molecule has 0 fully saturated rings. The van der Waals surface area contributed by atoms with Crippen LogP contribution in [0, 0.1) is 5.92 Å². The number of carbonyl (C=O) groups is 2. The van der Waals surface area contributed by atoms with E-state index in [1.165, 1.54) is 17.2 Å². The van der Waals surface area contributed by atoms with Crippen molar-refractivity contribution in [3.63, 3.8) is 0 Å². The number of fused-ring (bicyclic) bond motifs is 1. The highest BCUT2D eigenvalue weighted by Crippen LogP contribution is 2.14. The molecular formula is C30H37N3O4. The summed E-state index contributed by atoms with van der Waals surface area (Å²) in [4.78, 5) is 28.6. The third-order valence-corrected chi connectivity index (χ3v) is 5.51. The lowest BCUT2D eigenvalue weighted by atomic mass is 10.0. The van der Waals surface area contributed by atoms with Crippen LogP contribution in [0.25, 0.3) is 11.7 Å². The number of imidazole rings is 1. The maximum atomic E-state index is 12.3. The highest BCUT2D eigenvalue weighted by molar-refractivity contribution is 5.82. The molecule has 0 aliphatic rings. The lowest BCUT2D eigenvalue weighted by Gasteiger charge is -2.26. The second kappa shape index (κ2) is 13.0. The van der Waals surface area contributed by atoms with Crippen LogP contribution >= 0.6 is 0 Å². The molecule has 1 atom stereocenters. The normalized spacial score (nSPS) is 13.0. The van der Waals surface area contributed by atoms with Gasteiger partial charge in [0.1, 0.15) is 23.9 Å². The standard InChI is InChI=1S/C30H37N3O4/c1-22(2)28(29(35)37-30(3,4)5)32-16-6-9-27(34)36-19-7-8-23-10-12-24(13-11-23)20-25-14-15-26-31-17-18-33(26)21-25/h6-15,17-18,21-22,28,32H,16,19-20H2,1-5H3/t28-/m1/s1. The van der Waals surface area contributed by atoms with Gasteiger partial charge in [-0.2, -0.15) is 0 Å². The fraction of sp³-hybridized carbons (Fsp3) is 0.367. The predicted octanol–water partition coefficient (Wildman–Crippen LogP) is 4.99. The van der Waals surface area contributed by atoms with Crippen molar-refractivity contribution in [2.75, 3.05) is 13.2 Å². The Balaban J connectivity index is 1.39. The number of carbonyl (C=O) groups excluding carboxylic acids is 2. The highest BCUT2D eigenvalue weighted by atomic mass is 16.6. The molecule has 0 bridgehead atoms. The first-order chi connectivity index (χ1) is 17.6. The van der Waals surface area contributed by atoms with E-state index in [1.807, 2.05) is 75.6 Å². The van der Waals surface area contributed by atoms with Gasteiger partial charge in [0.25, 0.3) is 0 Å². The number of aromatic nitrogens is 2. The summed E-state index contributed by atoms with van der Waals surface area (Å²) in [5.74, 6) is -0.677. The first kappa shape index (κ1) is 27.9. The fourth-order valence-corrected chi connectivity index (χ4v) is 3.72. The molecule has 0 aliphatic carbocycles. The lowest BCUT2D eigenvalue weighted by Crippen LogP contribution is -2.44. The highest BCUT2D eigenvalue weighted by Gasteiger charge is 2.26. The van der Waals surface area contributed by atoms with Gasteiger partial charge in [-0.15, -0.1) is 0 Å². The van der Waals surface area contributed by atoms with E-state index >= 15 is 0 Å². The van der Waals surface area contributed by atoms with Crippen molar-refractivity contribution < 1.29 is 19.1 Å². The van der Waals surface area contributed by atoms with E-state index in [-0.39, 0.29) is 18.5 Å². The van der Waals surface area contributed by atoms with Gasteiger partial charge in [-0.05, 0) is 61.9 Å². The third-order valence-electron chi connectivity index (χ3n) is 5.51. The number of ether oxygens (including phenoxy) is 2. The number of nitrogens with zero attached hydrogens (tertiary/aromatic N) is 2. The van der Waals surface area contributed by atoms with Crippen molar-refractivity contribution in [3.8, 4) is 0 Å². The molecule has 7 nitrogen and oxygen atoms in total. The molecule has 37 heavy (non-hydrogen) atoms. The number of hydrogen-bond acceptors (Lipinski definition) is 6. The van der Waals surface area contributed by atoms with Gasteiger partial charge in [0, 0.05) is 31.2 Å².